The van der Waals surface area contributed by atoms with Gasteiger partial charge in [0.2, 0.25) is 5.91 Å². The fraction of sp³-hybridized carbons (Fsp3) is 0.286. The molecular formula is C14H12Cl3NO3. The number of carbonyl (C=O) groups excluding carboxylic acids is 1. The second-order valence-electron chi connectivity index (χ2n) is 4.73. The van der Waals surface area contributed by atoms with Gasteiger partial charge in [0.25, 0.3) is 0 Å². The molecule has 0 saturated heterocycles. The van der Waals surface area contributed by atoms with E-state index in [1.54, 1.807) is 12.2 Å². The molecule has 7 heteroatoms. The Morgan fingerprint density at radius 2 is 1.57 bits per heavy atom. The molecule has 0 spiro atoms. The molecule has 2 rings (SSSR count). The summed E-state index contributed by atoms with van der Waals surface area (Å²) in [7, 11) is 0. The fourth-order valence-electron chi connectivity index (χ4n) is 2.22. The number of allylic oxidation sites excluding steroid dienone is 2. The van der Waals surface area contributed by atoms with E-state index in [0.717, 1.165) is 0 Å². The predicted molar refractivity (Wildman–Crippen MR) is 83.1 cm³/mol. The maximum atomic E-state index is 12.3. The second-order valence-corrected chi connectivity index (χ2v) is 5.95. The first-order valence-electron chi connectivity index (χ1n) is 6.23. The van der Waals surface area contributed by atoms with Gasteiger partial charge in [-0.05, 0) is 25.0 Å². The highest BCUT2D eigenvalue weighted by atomic mass is 35.5. The van der Waals surface area contributed by atoms with E-state index >= 15 is 0 Å². The maximum absolute atomic E-state index is 12.3. The largest absolute Gasteiger partial charge is 0.481 e. The topological polar surface area (TPSA) is 66.4 Å². The standard InChI is InChI=1S/C14H12Cl3NO3/c15-9-5-11(17)12(6-10(9)16)18-13(19)7-3-1-2-4-8(7)14(20)21/h1-2,5-8H,3-4H2,(H,18,19)(H,20,21)/t7-,8-/m0/s1. The van der Waals surface area contributed by atoms with Gasteiger partial charge in [-0.1, -0.05) is 47.0 Å². The first-order chi connectivity index (χ1) is 9.90. The summed E-state index contributed by atoms with van der Waals surface area (Å²) in [4.78, 5) is 23.5. The van der Waals surface area contributed by atoms with Crippen molar-refractivity contribution in [1.82, 2.24) is 0 Å². The van der Waals surface area contributed by atoms with E-state index in [0.29, 0.717) is 18.5 Å². The zero-order valence-corrected chi connectivity index (χ0v) is 13.0. The van der Waals surface area contributed by atoms with Crippen LogP contribution in [-0.4, -0.2) is 17.0 Å². The number of carbonyl (C=O) groups is 2. The van der Waals surface area contributed by atoms with Gasteiger partial charge < -0.3 is 10.4 Å². The molecular weight excluding hydrogens is 337 g/mol. The summed E-state index contributed by atoms with van der Waals surface area (Å²) in [5.41, 5.74) is 0.315. The summed E-state index contributed by atoms with van der Waals surface area (Å²) in [6.45, 7) is 0. The number of amides is 1. The Balaban J connectivity index is 2.19. The summed E-state index contributed by atoms with van der Waals surface area (Å²) in [5.74, 6) is -2.76. The number of anilines is 1. The Hall–Kier alpha value is -1.23. The number of carboxylic acid groups (broad SMARTS) is 1. The van der Waals surface area contributed by atoms with Crippen LogP contribution in [0.2, 0.25) is 15.1 Å². The van der Waals surface area contributed by atoms with E-state index in [9.17, 15) is 14.7 Å². The van der Waals surface area contributed by atoms with Gasteiger partial charge in [-0.2, -0.15) is 0 Å². The monoisotopic (exact) mass is 347 g/mol. The minimum atomic E-state index is -0.986. The van der Waals surface area contributed by atoms with Crippen LogP contribution in [0, 0.1) is 11.8 Å². The molecule has 0 fully saturated rings. The molecule has 2 atom stereocenters. The lowest BCUT2D eigenvalue weighted by molar-refractivity contribution is -0.146. The summed E-state index contributed by atoms with van der Waals surface area (Å²) in [5, 5.41) is 12.6. The number of benzene rings is 1. The van der Waals surface area contributed by atoms with Crippen molar-refractivity contribution in [2.45, 2.75) is 12.8 Å². The van der Waals surface area contributed by atoms with Gasteiger partial charge in [0.1, 0.15) is 0 Å². The summed E-state index contributed by atoms with van der Waals surface area (Å²) >= 11 is 17.7. The van der Waals surface area contributed by atoms with Crippen molar-refractivity contribution >= 4 is 52.4 Å². The van der Waals surface area contributed by atoms with Crippen LogP contribution in [0.15, 0.2) is 24.3 Å². The van der Waals surface area contributed by atoms with Gasteiger partial charge >= 0.3 is 5.97 Å². The Morgan fingerprint density at radius 1 is 1.00 bits per heavy atom. The fourth-order valence-corrected chi connectivity index (χ4v) is 2.81. The number of halogens is 3. The van der Waals surface area contributed by atoms with Crippen LogP contribution in [0.1, 0.15) is 12.8 Å². The van der Waals surface area contributed by atoms with Crippen LogP contribution in [0.3, 0.4) is 0 Å². The third kappa shape index (κ3) is 3.70. The van der Waals surface area contributed by atoms with Crippen LogP contribution in [0.4, 0.5) is 5.69 Å². The lowest BCUT2D eigenvalue weighted by Crippen LogP contribution is -2.34. The molecule has 0 saturated carbocycles. The van der Waals surface area contributed by atoms with Crippen molar-refractivity contribution in [1.29, 1.82) is 0 Å². The third-order valence-electron chi connectivity index (χ3n) is 3.35. The second kappa shape index (κ2) is 6.69. The number of aliphatic carboxylic acids is 1. The Bertz CT molecular complexity index is 616. The normalized spacial score (nSPS) is 21.1. The van der Waals surface area contributed by atoms with Crippen molar-refractivity contribution in [3.05, 3.63) is 39.4 Å². The van der Waals surface area contributed by atoms with E-state index in [1.165, 1.54) is 12.1 Å². The van der Waals surface area contributed by atoms with Crippen molar-refractivity contribution in [3.8, 4) is 0 Å². The van der Waals surface area contributed by atoms with Gasteiger partial charge in [-0.3, -0.25) is 9.59 Å². The van der Waals surface area contributed by atoms with Gasteiger partial charge in [0.15, 0.2) is 0 Å². The van der Waals surface area contributed by atoms with E-state index in [4.69, 9.17) is 34.8 Å². The highest BCUT2D eigenvalue weighted by Gasteiger charge is 2.34. The van der Waals surface area contributed by atoms with Gasteiger partial charge in [0.05, 0.1) is 32.6 Å². The van der Waals surface area contributed by atoms with E-state index in [-0.39, 0.29) is 15.1 Å². The van der Waals surface area contributed by atoms with Gasteiger partial charge in [-0.15, -0.1) is 0 Å². The Kier molecular flexibility index (Phi) is 5.14. The molecule has 1 aromatic carbocycles. The lowest BCUT2D eigenvalue weighted by atomic mass is 9.82. The predicted octanol–water partition coefficient (Wildman–Crippen LogP) is 4.25. The molecule has 4 nitrogen and oxygen atoms in total. The Morgan fingerprint density at radius 3 is 2.19 bits per heavy atom. The van der Waals surface area contributed by atoms with Crippen LogP contribution >= 0.6 is 34.8 Å². The summed E-state index contributed by atoms with van der Waals surface area (Å²) in [6.07, 6.45) is 4.29. The minimum absolute atomic E-state index is 0.246. The Labute approximate surface area is 136 Å². The number of rotatable bonds is 3. The first kappa shape index (κ1) is 16.1. The maximum Gasteiger partial charge on any atom is 0.307 e. The zero-order chi connectivity index (χ0) is 15.6. The molecule has 0 unspecified atom stereocenters. The van der Waals surface area contributed by atoms with Crippen molar-refractivity contribution < 1.29 is 14.7 Å². The number of hydrogen-bond acceptors (Lipinski definition) is 2. The molecule has 1 aromatic rings. The van der Waals surface area contributed by atoms with Gasteiger partial charge in [-0.25, -0.2) is 0 Å². The molecule has 0 aromatic heterocycles. The van der Waals surface area contributed by atoms with Crippen molar-refractivity contribution in [2.24, 2.45) is 11.8 Å². The van der Waals surface area contributed by atoms with Crippen LogP contribution in [-0.2, 0) is 9.59 Å². The van der Waals surface area contributed by atoms with E-state index in [2.05, 4.69) is 5.32 Å². The molecule has 112 valence electrons. The molecule has 0 bridgehead atoms. The van der Waals surface area contributed by atoms with Gasteiger partial charge in [0, 0.05) is 0 Å². The molecule has 0 radical (unpaired) electrons. The van der Waals surface area contributed by atoms with E-state index < -0.39 is 23.7 Å². The highest BCUT2D eigenvalue weighted by Crippen LogP contribution is 2.34. The lowest BCUT2D eigenvalue weighted by Gasteiger charge is -2.24. The smallest absolute Gasteiger partial charge is 0.307 e. The highest BCUT2D eigenvalue weighted by molar-refractivity contribution is 6.44. The quantitative estimate of drug-likeness (QED) is 0.634. The van der Waals surface area contributed by atoms with Crippen LogP contribution < -0.4 is 5.32 Å². The average molecular weight is 349 g/mol. The third-order valence-corrected chi connectivity index (χ3v) is 4.39. The van der Waals surface area contributed by atoms with Crippen molar-refractivity contribution in [2.75, 3.05) is 5.32 Å². The summed E-state index contributed by atoms with van der Waals surface area (Å²) in [6, 6.07) is 2.87. The summed E-state index contributed by atoms with van der Waals surface area (Å²) < 4.78 is 0. The molecule has 2 N–H and O–H groups in total. The molecule has 1 amide bonds. The number of hydrogen-bond donors (Lipinski definition) is 2. The molecule has 21 heavy (non-hydrogen) atoms. The molecule has 0 heterocycles. The van der Waals surface area contributed by atoms with E-state index in [1.807, 2.05) is 0 Å². The molecule has 1 aliphatic rings. The van der Waals surface area contributed by atoms with Crippen LogP contribution in [0.25, 0.3) is 0 Å². The average Bonchev–Trinajstić information content (AvgIpc) is 2.44. The zero-order valence-electron chi connectivity index (χ0n) is 10.8. The number of carboxylic acids is 1. The van der Waals surface area contributed by atoms with Crippen molar-refractivity contribution in [3.63, 3.8) is 0 Å². The van der Waals surface area contributed by atoms with Crippen LogP contribution in [0.5, 0.6) is 0 Å². The number of nitrogens with one attached hydrogen (secondary N) is 1. The molecule has 1 aliphatic carbocycles. The molecule has 0 aliphatic heterocycles. The minimum Gasteiger partial charge on any atom is -0.481 e. The first-order valence-corrected chi connectivity index (χ1v) is 7.36. The SMILES string of the molecule is O=C(O)[C@H]1CC=CC[C@@H]1C(=O)Nc1cc(Cl)c(Cl)cc1Cl.